The number of aromatic nitrogens is 4. The summed E-state index contributed by atoms with van der Waals surface area (Å²) in [5.41, 5.74) is 1.13. The fourth-order valence-electron chi connectivity index (χ4n) is 1.76. The highest BCUT2D eigenvalue weighted by Gasteiger charge is 2.09. The van der Waals surface area contributed by atoms with Crippen LogP contribution in [0.25, 0.3) is 11.0 Å². The molecule has 6 nitrogen and oxygen atoms in total. The molecule has 0 atom stereocenters. The van der Waals surface area contributed by atoms with Crippen LogP contribution in [0, 0.1) is 0 Å². The minimum absolute atomic E-state index is 0.0619. The molecule has 0 aliphatic carbocycles. The van der Waals surface area contributed by atoms with E-state index in [0.717, 1.165) is 0 Å². The molecule has 2 N–H and O–H groups in total. The second-order valence-corrected chi connectivity index (χ2v) is 4.34. The van der Waals surface area contributed by atoms with Gasteiger partial charge in [-0.3, -0.25) is 5.10 Å². The number of anilines is 2. The van der Waals surface area contributed by atoms with Crippen molar-refractivity contribution in [3.63, 3.8) is 0 Å². The topological polar surface area (TPSA) is 75.7 Å². The van der Waals surface area contributed by atoms with Crippen LogP contribution in [0.2, 0.25) is 5.28 Å². The normalized spacial score (nSPS) is 11.0. The first kappa shape index (κ1) is 13.5. The van der Waals surface area contributed by atoms with Gasteiger partial charge in [-0.15, -0.1) is 0 Å². The largest absolute Gasteiger partial charge is 0.435 e. The summed E-state index contributed by atoms with van der Waals surface area (Å²) in [4.78, 5) is 8.05. The van der Waals surface area contributed by atoms with Crippen LogP contribution in [0.3, 0.4) is 0 Å². The number of H-pyrrole nitrogens is 1. The van der Waals surface area contributed by atoms with Gasteiger partial charge in [-0.25, -0.2) is 0 Å². The Morgan fingerprint density at radius 3 is 2.67 bits per heavy atom. The molecular weight excluding hydrogens is 304 g/mol. The van der Waals surface area contributed by atoms with E-state index in [2.05, 4.69) is 30.2 Å². The highest BCUT2D eigenvalue weighted by atomic mass is 35.5. The predicted molar refractivity (Wildman–Crippen MR) is 73.1 cm³/mol. The smallest absolute Gasteiger partial charge is 0.387 e. The molecule has 0 amide bonds. The van der Waals surface area contributed by atoms with Crippen molar-refractivity contribution in [1.82, 2.24) is 20.2 Å². The van der Waals surface area contributed by atoms with Crippen molar-refractivity contribution in [2.45, 2.75) is 6.61 Å². The van der Waals surface area contributed by atoms with Gasteiger partial charge in [0.1, 0.15) is 11.6 Å². The number of halogens is 3. The second kappa shape index (κ2) is 5.49. The molecule has 108 valence electrons. The molecule has 1 aromatic carbocycles. The molecule has 0 saturated heterocycles. The van der Waals surface area contributed by atoms with Crippen molar-refractivity contribution in [1.29, 1.82) is 0 Å². The van der Waals surface area contributed by atoms with E-state index in [1.807, 2.05) is 0 Å². The Kier molecular flexibility index (Phi) is 3.53. The number of benzene rings is 1. The van der Waals surface area contributed by atoms with Crippen LogP contribution in [0.5, 0.6) is 5.75 Å². The van der Waals surface area contributed by atoms with Gasteiger partial charge in [0.2, 0.25) is 5.28 Å². The number of aromatic amines is 1. The average molecular weight is 312 g/mol. The molecule has 3 rings (SSSR count). The van der Waals surface area contributed by atoms with E-state index >= 15 is 0 Å². The molecule has 9 heteroatoms. The van der Waals surface area contributed by atoms with Crippen molar-refractivity contribution in [3.8, 4) is 5.75 Å². The molecule has 0 radical (unpaired) electrons. The van der Waals surface area contributed by atoms with Crippen LogP contribution in [-0.2, 0) is 0 Å². The molecule has 2 heterocycles. The predicted octanol–water partition coefficient (Wildman–Crippen LogP) is 3.35. The molecule has 21 heavy (non-hydrogen) atoms. The third-order valence-corrected chi connectivity index (χ3v) is 2.79. The molecule has 0 saturated carbocycles. The minimum Gasteiger partial charge on any atom is -0.435 e. The molecule has 0 aliphatic rings. The summed E-state index contributed by atoms with van der Waals surface area (Å²) in [6, 6.07) is 6.01. The number of alkyl halides is 2. The molecule has 0 bridgehead atoms. The summed E-state index contributed by atoms with van der Waals surface area (Å²) >= 11 is 5.82. The zero-order valence-electron chi connectivity index (χ0n) is 10.3. The first-order valence-electron chi connectivity index (χ1n) is 5.80. The van der Waals surface area contributed by atoms with Crippen molar-refractivity contribution >= 4 is 34.1 Å². The first-order chi connectivity index (χ1) is 10.1. The van der Waals surface area contributed by atoms with Gasteiger partial charge in [0.25, 0.3) is 0 Å². The van der Waals surface area contributed by atoms with Crippen LogP contribution in [0.1, 0.15) is 0 Å². The average Bonchev–Trinajstić information content (AvgIpc) is 2.88. The number of ether oxygens (including phenoxy) is 1. The summed E-state index contributed by atoms with van der Waals surface area (Å²) < 4.78 is 28.4. The van der Waals surface area contributed by atoms with Gasteiger partial charge < -0.3 is 10.1 Å². The monoisotopic (exact) mass is 311 g/mol. The lowest BCUT2D eigenvalue weighted by molar-refractivity contribution is -0.0498. The highest BCUT2D eigenvalue weighted by molar-refractivity contribution is 6.28. The van der Waals surface area contributed by atoms with Crippen LogP contribution in [-0.4, -0.2) is 26.8 Å². The van der Waals surface area contributed by atoms with Gasteiger partial charge in [0.05, 0.1) is 11.6 Å². The van der Waals surface area contributed by atoms with Gasteiger partial charge >= 0.3 is 6.61 Å². The lowest BCUT2D eigenvalue weighted by atomic mass is 10.3. The summed E-state index contributed by atoms with van der Waals surface area (Å²) in [6.45, 7) is -2.85. The number of hydrogen-bond acceptors (Lipinski definition) is 5. The van der Waals surface area contributed by atoms with Crippen molar-refractivity contribution in [2.24, 2.45) is 0 Å². The third-order valence-electron chi connectivity index (χ3n) is 2.62. The van der Waals surface area contributed by atoms with Crippen molar-refractivity contribution in [3.05, 3.63) is 35.7 Å². The number of nitrogens with one attached hydrogen (secondary N) is 2. The van der Waals surface area contributed by atoms with Crippen LogP contribution < -0.4 is 10.1 Å². The van der Waals surface area contributed by atoms with Gasteiger partial charge in [-0.2, -0.15) is 23.8 Å². The zero-order chi connectivity index (χ0) is 14.8. The van der Waals surface area contributed by atoms with Gasteiger partial charge in [0.15, 0.2) is 5.65 Å². The Hall–Kier alpha value is -2.48. The Morgan fingerprint density at radius 2 is 1.95 bits per heavy atom. The molecule has 0 fully saturated rings. The standard InChI is InChI=1S/C12H8ClF2N5O/c13-11-18-9(8-5-16-20-10(8)19-11)17-6-1-3-7(4-2-6)21-12(14)15/h1-5,12H,(H2,16,17,18,19,20). The third kappa shape index (κ3) is 3.00. The fraction of sp³-hybridized carbons (Fsp3) is 0.0833. The molecule has 0 spiro atoms. The van der Waals surface area contributed by atoms with E-state index in [0.29, 0.717) is 22.5 Å². The highest BCUT2D eigenvalue weighted by Crippen LogP contribution is 2.25. The van der Waals surface area contributed by atoms with E-state index in [1.54, 1.807) is 18.3 Å². The maximum absolute atomic E-state index is 12.1. The molecule has 0 unspecified atom stereocenters. The van der Waals surface area contributed by atoms with E-state index < -0.39 is 6.61 Å². The second-order valence-electron chi connectivity index (χ2n) is 4.00. The van der Waals surface area contributed by atoms with Crippen LogP contribution in [0.15, 0.2) is 30.5 Å². The van der Waals surface area contributed by atoms with E-state index in [9.17, 15) is 8.78 Å². The molecular formula is C12H8ClF2N5O. The molecule has 3 aromatic rings. The maximum Gasteiger partial charge on any atom is 0.387 e. The zero-order valence-corrected chi connectivity index (χ0v) is 11.1. The maximum atomic E-state index is 12.1. The lowest BCUT2D eigenvalue weighted by Gasteiger charge is -2.08. The SMILES string of the molecule is FC(F)Oc1ccc(Nc2nc(Cl)nc3[nH]ncc23)cc1. The quantitative estimate of drug-likeness (QED) is 0.723. The lowest BCUT2D eigenvalue weighted by Crippen LogP contribution is -2.02. The Balaban J connectivity index is 1.86. The number of rotatable bonds is 4. The number of nitrogens with zero attached hydrogens (tertiary/aromatic N) is 3. The molecule has 2 aromatic heterocycles. The summed E-state index contributed by atoms with van der Waals surface area (Å²) in [7, 11) is 0. The Bertz CT molecular complexity index is 762. The van der Waals surface area contributed by atoms with Crippen molar-refractivity contribution < 1.29 is 13.5 Å². The first-order valence-corrected chi connectivity index (χ1v) is 6.18. The summed E-state index contributed by atoms with van der Waals surface area (Å²) in [5.74, 6) is 0.533. The van der Waals surface area contributed by atoms with Crippen LogP contribution in [0.4, 0.5) is 20.3 Å². The number of fused-ring (bicyclic) bond motifs is 1. The molecule has 0 aliphatic heterocycles. The summed E-state index contributed by atoms with van der Waals surface area (Å²) in [5, 5.41) is 10.3. The van der Waals surface area contributed by atoms with Gasteiger partial charge in [-0.1, -0.05) is 0 Å². The minimum atomic E-state index is -2.85. The summed E-state index contributed by atoms with van der Waals surface area (Å²) in [6.07, 6.45) is 1.56. The fourth-order valence-corrected chi connectivity index (χ4v) is 1.93. The van der Waals surface area contributed by atoms with E-state index in [-0.39, 0.29) is 11.0 Å². The van der Waals surface area contributed by atoms with Crippen molar-refractivity contribution in [2.75, 3.05) is 5.32 Å². The Labute approximate surface area is 122 Å². The van der Waals surface area contributed by atoms with Crippen LogP contribution >= 0.6 is 11.6 Å². The number of hydrogen-bond donors (Lipinski definition) is 2. The Morgan fingerprint density at radius 1 is 1.19 bits per heavy atom. The van der Waals surface area contributed by atoms with Gasteiger partial charge in [-0.05, 0) is 35.9 Å². The van der Waals surface area contributed by atoms with E-state index in [4.69, 9.17) is 11.6 Å². The van der Waals surface area contributed by atoms with Gasteiger partial charge in [0, 0.05) is 5.69 Å². The van der Waals surface area contributed by atoms with E-state index in [1.165, 1.54) is 12.1 Å².